The number of nitrogens with two attached hydrogens (primary N) is 1. The monoisotopic (exact) mass is 287 g/mol. The van der Waals surface area contributed by atoms with Gasteiger partial charge in [-0.05, 0) is 37.8 Å². The van der Waals surface area contributed by atoms with Gasteiger partial charge in [-0.25, -0.2) is 4.39 Å². The molecule has 0 saturated heterocycles. The molecule has 0 fully saturated rings. The van der Waals surface area contributed by atoms with Gasteiger partial charge in [-0.3, -0.25) is 0 Å². The van der Waals surface area contributed by atoms with Gasteiger partial charge in [-0.15, -0.1) is 0 Å². The second-order valence-electron chi connectivity index (χ2n) is 5.43. The molecule has 0 amide bonds. The number of aryl methyl sites for hydroxylation is 2. The average molecular weight is 287 g/mol. The fraction of sp³-hybridized carbons (Fsp3) is 0.400. The van der Waals surface area contributed by atoms with E-state index in [1.165, 1.54) is 23.6 Å². The van der Waals surface area contributed by atoms with Gasteiger partial charge in [0, 0.05) is 0 Å². The van der Waals surface area contributed by atoms with Crippen molar-refractivity contribution in [2.75, 3.05) is 11.1 Å². The van der Waals surface area contributed by atoms with E-state index in [0.29, 0.717) is 5.95 Å². The summed E-state index contributed by atoms with van der Waals surface area (Å²) in [5.74, 6) is 0.434. The second kappa shape index (κ2) is 5.27. The molecule has 0 aliphatic heterocycles. The lowest BCUT2D eigenvalue weighted by Crippen LogP contribution is -2.13. The van der Waals surface area contributed by atoms with Crippen LogP contribution in [0, 0.1) is 6.92 Å². The molecule has 3 N–H and O–H groups in total. The number of nitrogens with zero attached hydrogens (tertiary/aromatic N) is 3. The zero-order valence-electron chi connectivity index (χ0n) is 12.1. The van der Waals surface area contributed by atoms with Gasteiger partial charge in [0.05, 0.1) is 6.04 Å². The largest absolute Gasteiger partial charge is 0.368 e. The summed E-state index contributed by atoms with van der Waals surface area (Å²) in [6.07, 6.45) is 0.708. The number of hydrogen-bond donors (Lipinski definition) is 2. The van der Waals surface area contributed by atoms with Crippen molar-refractivity contribution in [2.24, 2.45) is 0 Å². The summed E-state index contributed by atoms with van der Waals surface area (Å²) in [6, 6.07) is 6.57. The minimum atomic E-state index is -1.27. The Morgan fingerprint density at radius 1 is 1.33 bits per heavy atom. The Labute approximate surface area is 122 Å². The molecule has 0 radical (unpaired) electrons. The predicted molar refractivity (Wildman–Crippen MR) is 79.6 cm³/mol. The summed E-state index contributed by atoms with van der Waals surface area (Å²) in [4.78, 5) is 12.0. The number of alkyl halides is 1. The average Bonchev–Trinajstić information content (AvgIpc) is 2.80. The molecule has 1 aliphatic rings. The van der Waals surface area contributed by atoms with E-state index in [1.807, 2.05) is 0 Å². The van der Waals surface area contributed by atoms with Gasteiger partial charge in [-0.2, -0.15) is 15.0 Å². The predicted octanol–water partition coefficient (Wildman–Crippen LogP) is 2.89. The molecule has 21 heavy (non-hydrogen) atoms. The zero-order valence-corrected chi connectivity index (χ0v) is 12.1. The van der Waals surface area contributed by atoms with Crippen molar-refractivity contribution in [3.63, 3.8) is 0 Å². The van der Waals surface area contributed by atoms with E-state index in [2.05, 4.69) is 45.4 Å². The van der Waals surface area contributed by atoms with E-state index in [9.17, 15) is 4.39 Å². The minimum Gasteiger partial charge on any atom is -0.368 e. The number of fused-ring (bicyclic) bond motifs is 1. The Hall–Kier alpha value is -2.24. The van der Waals surface area contributed by atoms with Crippen LogP contribution >= 0.6 is 0 Å². The first-order valence-electron chi connectivity index (χ1n) is 7.04. The molecule has 1 aliphatic carbocycles. The van der Waals surface area contributed by atoms with Crippen LogP contribution in [-0.4, -0.2) is 15.0 Å². The first kappa shape index (κ1) is 13.7. The van der Waals surface area contributed by atoms with Gasteiger partial charge in [0.2, 0.25) is 11.9 Å². The van der Waals surface area contributed by atoms with Crippen LogP contribution in [0.15, 0.2) is 18.2 Å². The highest BCUT2D eigenvalue weighted by molar-refractivity contribution is 5.43. The molecule has 1 unspecified atom stereocenters. The normalized spacial score (nSPS) is 18.3. The molecule has 2 aromatic rings. The van der Waals surface area contributed by atoms with E-state index in [1.54, 1.807) is 0 Å². The molecule has 6 heteroatoms. The van der Waals surface area contributed by atoms with Crippen molar-refractivity contribution >= 4 is 11.9 Å². The summed E-state index contributed by atoms with van der Waals surface area (Å²) in [7, 11) is 0. The van der Waals surface area contributed by atoms with Crippen molar-refractivity contribution in [1.82, 2.24) is 15.0 Å². The Kier molecular flexibility index (Phi) is 3.45. The topological polar surface area (TPSA) is 76.7 Å². The van der Waals surface area contributed by atoms with E-state index in [4.69, 9.17) is 5.73 Å². The number of rotatable bonds is 3. The lowest BCUT2D eigenvalue weighted by molar-refractivity contribution is 0.356. The third-order valence-electron chi connectivity index (χ3n) is 3.71. The molecule has 5 nitrogen and oxygen atoms in total. The van der Waals surface area contributed by atoms with Crippen LogP contribution in [0.25, 0.3) is 0 Å². The lowest BCUT2D eigenvalue weighted by atomic mass is 10.1. The van der Waals surface area contributed by atoms with Crippen LogP contribution in [0.2, 0.25) is 0 Å². The Morgan fingerprint density at radius 2 is 2.14 bits per heavy atom. The van der Waals surface area contributed by atoms with Crippen LogP contribution in [-0.2, 0) is 6.42 Å². The maximum Gasteiger partial charge on any atom is 0.228 e. The van der Waals surface area contributed by atoms with Gasteiger partial charge in [0.25, 0.3) is 0 Å². The van der Waals surface area contributed by atoms with E-state index in [0.717, 1.165) is 12.8 Å². The summed E-state index contributed by atoms with van der Waals surface area (Å²) >= 11 is 0. The Balaban J connectivity index is 1.87. The highest BCUT2D eigenvalue weighted by Crippen LogP contribution is 2.33. The van der Waals surface area contributed by atoms with Crippen LogP contribution in [0.1, 0.15) is 48.1 Å². The molecule has 1 aromatic carbocycles. The molecule has 1 heterocycles. The smallest absolute Gasteiger partial charge is 0.228 e. The molecule has 0 spiro atoms. The lowest BCUT2D eigenvalue weighted by Gasteiger charge is -2.15. The number of benzene rings is 1. The van der Waals surface area contributed by atoms with Crippen molar-refractivity contribution in [3.8, 4) is 0 Å². The van der Waals surface area contributed by atoms with Crippen LogP contribution in [0.3, 0.4) is 0 Å². The second-order valence-corrected chi connectivity index (χ2v) is 5.43. The molecule has 2 atom stereocenters. The maximum absolute atomic E-state index is 13.4. The fourth-order valence-electron chi connectivity index (χ4n) is 2.68. The number of nitrogens with one attached hydrogen (secondary N) is 1. The molecular weight excluding hydrogens is 269 g/mol. The minimum absolute atomic E-state index is 0.0365. The number of halogens is 1. The summed E-state index contributed by atoms with van der Waals surface area (Å²) in [5, 5.41) is 3.25. The van der Waals surface area contributed by atoms with Crippen molar-refractivity contribution in [1.29, 1.82) is 0 Å². The van der Waals surface area contributed by atoms with Gasteiger partial charge < -0.3 is 11.1 Å². The van der Waals surface area contributed by atoms with Crippen molar-refractivity contribution in [3.05, 3.63) is 40.7 Å². The summed E-state index contributed by atoms with van der Waals surface area (Å²) in [5.41, 5.74) is 9.43. The first-order chi connectivity index (χ1) is 10.0. The number of hydrogen-bond acceptors (Lipinski definition) is 5. The molecule has 110 valence electrons. The van der Waals surface area contributed by atoms with Gasteiger partial charge in [-0.1, -0.05) is 23.8 Å². The van der Waals surface area contributed by atoms with E-state index < -0.39 is 6.17 Å². The zero-order chi connectivity index (χ0) is 15.0. The standard InChI is InChI=1S/C15H18FN5/c1-8-3-4-10-5-6-12(11(10)7-8)18-15-20-13(9(2)16)19-14(17)21-15/h3-4,7,9,12H,5-6H2,1-2H3,(H3,17,18,19,20,21)/t9-,12?/m1/s1. The Morgan fingerprint density at radius 3 is 2.90 bits per heavy atom. The third kappa shape index (κ3) is 2.79. The number of aromatic nitrogens is 3. The summed E-state index contributed by atoms with van der Waals surface area (Å²) < 4.78 is 13.4. The molecular formula is C15H18FN5. The maximum atomic E-state index is 13.4. The highest BCUT2D eigenvalue weighted by Gasteiger charge is 2.23. The number of anilines is 2. The SMILES string of the molecule is Cc1ccc2c(c1)C(Nc1nc(N)nc([C@@H](C)F)n1)CC2. The highest BCUT2D eigenvalue weighted by atomic mass is 19.1. The van der Waals surface area contributed by atoms with Gasteiger partial charge in [0.15, 0.2) is 12.0 Å². The molecule has 0 saturated carbocycles. The van der Waals surface area contributed by atoms with Crippen molar-refractivity contribution < 1.29 is 4.39 Å². The van der Waals surface area contributed by atoms with Crippen LogP contribution in [0.4, 0.5) is 16.3 Å². The first-order valence-corrected chi connectivity index (χ1v) is 7.04. The molecule has 0 bridgehead atoms. The fourth-order valence-corrected chi connectivity index (χ4v) is 2.68. The van der Waals surface area contributed by atoms with Gasteiger partial charge in [0.1, 0.15) is 0 Å². The van der Waals surface area contributed by atoms with E-state index >= 15 is 0 Å². The summed E-state index contributed by atoms with van der Waals surface area (Å²) in [6.45, 7) is 3.45. The van der Waals surface area contributed by atoms with Gasteiger partial charge >= 0.3 is 0 Å². The molecule has 1 aromatic heterocycles. The van der Waals surface area contributed by atoms with Crippen LogP contribution in [0.5, 0.6) is 0 Å². The quantitative estimate of drug-likeness (QED) is 0.907. The Bertz CT molecular complexity index is 671. The molecule has 3 rings (SSSR count). The van der Waals surface area contributed by atoms with E-state index in [-0.39, 0.29) is 17.8 Å². The van der Waals surface area contributed by atoms with Crippen molar-refractivity contribution in [2.45, 2.75) is 38.9 Å². The van der Waals surface area contributed by atoms with Crippen LogP contribution < -0.4 is 11.1 Å². The third-order valence-corrected chi connectivity index (χ3v) is 3.71. The number of nitrogen functional groups attached to an aromatic ring is 1.